The van der Waals surface area contributed by atoms with Crippen LogP contribution in [0.15, 0.2) is 24.3 Å². The van der Waals surface area contributed by atoms with Crippen LogP contribution >= 0.6 is 0 Å². The van der Waals surface area contributed by atoms with Crippen LogP contribution in [0.4, 0.5) is 13.2 Å². The molecule has 2 nitrogen and oxygen atoms in total. The van der Waals surface area contributed by atoms with Crippen LogP contribution in [0, 0.1) is 0 Å². The summed E-state index contributed by atoms with van der Waals surface area (Å²) in [6.45, 7) is 0. The number of rotatable bonds is 2. The van der Waals surface area contributed by atoms with E-state index in [1.165, 1.54) is 12.1 Å². The first kappa shape index (κ1) is 12.9. The number of carbonyl (C=O) groups is 1. The Bertz CT molecular complexity index is 423. The van der Waals surface area contributed by atoms with Gasteiger partial charge < -0.3 is 4.74 Å². The van der Waals surface area contributed by atoms with E-state index in [2.05, 4.69) is 0 Å². The second-order valence-electron chi connectivity index (χ2n) is 4.40. The van der Waals surface area contributed by atoms with Crippen molar-refractivity contribution in [3.63, 3.8) is 0 Å². The van der Waals surface area contributed by atoms with Crippen LogP contribution < -0.4 is 4.74 Å². The fraction of sp³-hybridized carbons (Fsp3) is 0.462. The van der Waals surface area contributed by atoms with Crippen molar-refractivity contribution in [2.24, 2.45) is 0 Å². The fourth-order valence-corrected chi connectivity index (χ4v) is 2.00. The van der Waals surface area contributed by atoms with Gasteiger partial charge in [0.1, 0.15) is 17.6 Å². The van der Waals surface area contributed by atoms with E-state index in [1.54, 1.807) is 0 Å². The highest BCUT2D eigenvalue weighted by molar-refractivity contribution is 5.79. The first-order valence-corrected chi connectivity index (χ1v) is 5.81. The number of benzene rings is 1. The Labute approximate surface area is 103 Å². The molecule has 0 heterocycles. The van der Waals surface area contributed by atoms with Crippen LogP contribution in [0.5, 0.6) is 5.75 Å². The molecule has 0 amide bonds. The van der Waals surface area contributed by atoms with E-state index in [4.69, 9.17) is 4.74 Å². The van der Waals surface area contributed by atoms with Crippen LogP contribution in [-0.2, 0) is 11.0 Å². The van der Waals surface area contributed by atoms with Crippen molar-refractivity contribution in [1.29, 1.82) is 0 Å². The van der Waals surface area contributed by atoms with Crippen molar-refractivity contribution >= 4 is 5.78 Å². The maximum Gasteiger partial charge on any atom is 0.416 e. The van der Waals surface area contributed by atoms with Gasteiger partial charge >= 0.3 is 6.18 Å². The van der Waals surface area contributed by atoms with Crippen molar-refractivity contribution in [3.8, 4) is 5.75 Å². The predicted octanol–water partition coefficient (Wildman–Crippen LogP) is 3.60. The van der Waals surface area contributed by atoms with E-state index in [0.29, 0.717) is 18.6 Å². The van der Waals surface area contributed by atoms with Crippen molar-refractivity contribution in [2.75, 3.05) is 0 Å². The Morgan fingerprint density at radius 1 is 1.17 bits per heavy atom. The molecule has 1 aliphatic carbocycles. The van der Waals surface area contributed by atoms with E-state index in [0.717, 1.165) is 25.0 Å². The summed E-state index contributed by atoms with van der Waals surface area (Å²) >= 11 is 0. The quantitative estimate of drug-likeness (QED) is 0.810. The summed E-state index contributed by atoms with van der Waals surface area (Å²) in [5.74, 6) is 0.529. The van der Waals surface area contributed by atoms with E-state index < -0.39 is 11.7 Å². The van der Waals surface area contributed by atoms with Gasteiger partial charge in [0.05, 0.1) is 5.56 Å². The van der Waals surface area contributed by atoms with Crippen LogP contribution in [0.2, 0.25) is 0 Å². The summed E-state index contributed by atoms with van der Waals surface area (Å²) in [6, 6.07) is 4.56. The van der Waals surface area contributed by atoms with Gasteiger partial charge in [-0.2, -0.15) is 13.2 Å². The summed E-state index contributed by atoms with van der Waals surface area (Å²) in [4.78, 5) is 11.2. The lowest BCUT2D eigenvalue weighted by Gasteiger charge is -2.22. The highest BCUT2D eigenvalue weighted by Gasteiger charge is 2.30. The molecule has 0 saturated heterocycles. The Morgan fingerprint density at radius 2 is 1.83 bits per heavy atom. The van der Waals surface area contributed by atoms with Gasteiger partial charge in [0.15, 0.2) is 0 Å². The zero-order valence-electron chi connectivity index (χ0n) is 9.67. The van der Waals surface area contributed by atoms with Crippen LogP contribution in [0.1, 0.15) is 31.2 Å². The number of halogens is 3. The molecule has 1 aromatic carbocycles. The SMILES string of the molecule is O=C1CCCC(Oc2ccc(C(F)(F)F)cc2)C1. The molecule has 1 saturated carbocycles. The molecule has 0 radical (unpaired) electrons. The lowest BCUT2D eigenvalue weighted by Crippen LogP contribution is -2.25. The zero-order valence-corrected chi connectivity index (χ0v) is 9.67. The number of carbonyl (C=O) groups excluding carboxylic acids is 1. The van der Waals surface area contributed by atoms with E-state index in [1.807, 2.05) is 0 Å². The lowest BCUT2D eigenvalue weighted by atomic mass is 9.96. The molecule has 0 aromatic heterocycles. The summed E-state index contributed by atoms with van der Waals surface area (Å²) < 4.78 is 42.5. The molecule has 1 aliphatic rings. The smallest absolute Gasteiger partial charge is 0.416 e. The average molecular weight is 258 g/mol. The van der Waals surface area contributed by atoms with Gasteiger partial charge in [0.2, 0.25) is 0 Å². The number of ether oxygens (including phenoxy) is 1. The number of hydrogen-bond acceptors (Lipinski definition) is 2. The van der Waals surface area contributed by atoms with Gasteiger partial charge in [-0.05, 0) is 37.1 Å². The second kappa shape index (κ2) is 5.00. The standard InChI is InChI=1S/C13H13F3O2/c14-13(15,16)9-4-6-11(7-5-9)18-12-3-1-2-10(17)8-12/h4-7,12H,1-3,8H2. The molecular weight excluding hydrogens is 245 g/mol. The Hall–Kier alpha value is -1.52. The molecule has 1 aromatic rings. The summed E-state index contributed by atoms with van der Waals surface area (Å²) in [6.07, 6.45) is -2.06. The molecule has 5 heteroatoms. The van der Waals surface area contributed by atoms with Crippen molar-refractivity contribution in [1.82, 2.24) is 0 Å². The zero-order chi connectivity index (χ0) is 13.2. The van der Waals surface area contributed by atoms with Gasteiger partial charge in [-0.3, -0.25) is 4.79 Å². The maximum atomic E-state index is 12.3. The normalized spacial score (nSPS) is 20.8. The fourth-order valence-electron chi connectivity index (χ4n) is 2.00. The molecule has 1 atom stereocenters. The minimum absolute atomic E-state index is 0.151. The molecular formula is C13H13F3O2. The first-order valence-electron chi connectivity index (χ1n) is 5.81. The minimum atomic E-state index is -4.33. The number of hydrogen-bond donors (Lipinski definition) is 0. The highest BCUT2D eigenvalue weighted by Crippen LogP contribution is 2.31. The predicted molar refractivity (Wildman–Crippen MR) is 59.3 cm³/mol. The topological polar surface area (TPSA) is 26.3 Å². The van der Waals surface area contributed by atoms with Crippen LogP contribution in [0.25, 0.3) is 0 Å². The summed E-state index contributed by atoms with van der Waals surface area (Å²) in [7, 11) is 0. The van der Waals surface area contributed by atoms with Gasteiger partial charge in [0, 0.05) is 12.8 Å². The van der Waals surface area contributed by atoms with Crippen molar-refractivity contribution in [3.05, 3.63) is 29.8 Å². The Balaban J connectivity index is 2.00. The Morgan fingerprint density at radius 3 is 2.39 bits per heavy atom. The molecule has 0 bridgehead atoms. The van der Waals surface area contributed by atoms with Crippen molar-refractivity contribution in [2.45, 2.75) is 38.0 Å². The molecule has 1 fully saturated rings. The van der Waals surface area contributed by atoms with Gasteiger partial charge in [0.25, 0.3) is 0 Å². The number of ketones is 1. The van der Waals surface area contributed by atoms with E-state index >= 15 is 0 Å². The Kier molecular flexibility index (Phi) is 3.59. The maximum absolute atomic E-state index is 12.3. The van der Waals surface area contributed by atoms with Gasteiger partial charge in [-0.15, -0.1) is 0 Å². The molecule has 0 aliphatic heterocycles. The van der Waals surface area contributed by atoms with Crippen LogP contribution in [0.3, 0.4) is 0 Å². The van der Waals surface area contributed by atoms with Gasteiger partial charge in [-0.1, -0.05) is 0 Å². The number of alkyl halides is 3. The largest absolute Gasteiger partial charge is 0.490 e. The lowest BCUT2D eigenvalue weighted by molar-refractivity contribution is -0.137. The third kappa shape index (κ3) is 3.24. The highest BCUT2D eigenvalue weighted by atomic mass is 19.4. The minimum Gasteiger partial charge on any atom is -0.490 e. The summed E-state index contributed by atoms with van der Waals surface area (Å²) in [5, 5.41) is 0. The molecule has 18 heavy (non-hydrogen) atoms. The first-order chi connectivity index (χ1) is 8.45. The van der Waals surface area contributed by atoms with Gasteiger partial charge in [-0.25, -0.2) is 0 Å². The molecule has 1 unspecified atom stereocenters. The molecule has 98 valence electrons. The van der Waals surface area contributed by atoms with E-state index in [9.17, 15) is 18.0 Å². The second-order valence-corrected chi connectivity index (χ2v) is 4.40. The molecule has 0 N–H and O–H groups in total. The third-order valence-corrected chi connectivity index (χ3v) is 2.92. The van der Waals surface area contributed by atoms with Crippen molar-refractivity contribution < 1.29 is 22.7 Å². The average Bonchev–Trinajstić information content (AvgIpc) is 2.28. The third-order valence-electron chi connectivity index (χ3n) is 2.92. The number of Topliss-reactive ketones (excluding diaryl/α,β-unsaturated/α-hetero) is 1. The molecule has 0 spiro atoms. The monoisotopic (exact) mass is 258 g/mol. The van der Waals surface area contributed by atoms with Crippen LogP contribution in [-0.4, -0.2) is 11.9 Å². The molecule has 2 rings (SSSR count). The van der Waals surface area contributed by atoms with E-state index in [-0.39, 0.29) is 11.9 Å². The summed E-state index contributed by atoms with van der Waals surface area (Å²) in [5.41, 5.74) is -0.699.